The van der Waals surface area contributed by atoms with Crippen molar-refractivity contribution in [2.75, 3.05) is 6.61 Å². The molecule has 2 aromatic rings. The Morgan fingerprint density at radius 3 is 2.47 bits per heavy atom. The number of halogens is 3. The van der Waals surface area contributed by atoms with E-state index in [1.807, 2.05) is 19.1 Å². The van der Waals surface area contributed by atoms with Gasteiger partial charge in [-0.05, 0) is 61.2 Å². The Hall–Kier alpha value is -1.76. The minimum absolute atomic E-state index is 0.138. The molecule has 1 atom stereocenters. The molecule has 2 amide bonds. The van der Waals surface area contributed by atoms with E-state index >= 15 is 0 Å². The third kappa shape index (κ3) is 6.87. The molecule has 1 fully saturated rings. The molecule has 32 heavy (non-hydrogen) atoms. The highest BCUT2D eigenvalue weighted by Gasteiger charge is 2.31. The standard InChI is InChI=1S/C24H27BrCl2N2O3/c1-2-22(24(31)28-19-5-3-4-6-19)29(14-16-7-10-18(26)13-21(16)27)23(30)15-32-20-11-8-17(25)9-12-20/h7-13,19,22H,2-6,14-15H2,1H3,(H,28,31). The third-order valence-corrected chi connectivity index (χ3v) is 6.73. The minimum atomic E-state index is -0.622. The Labute approximate surface area is 207 Å². The smallest absolute Gasteiger partial charge is 0.261 e. The highest BCUT2D eigenvalue weighted by Crippen LogP contribution is 2.25. The first-order chi connectivity index (χ1) is 15.4. The summed E-state index contributed by atoms with van der Waals surface area (Å²) in [6.45, 7) is 1.91. The summed E-state index contributed by atoms with van der Waals surface area (Å²) in [5.74, 6) is 0.156. The van der Waals surface area contributed by atoms with Crippen molar-refractivity contribution in [1.29, 1.82) is 0 Å². The van der Waals surface area contributed by atoms with Crippen molar-refractivity contribution < 1.29 is 14.3 Å². The highest BCUT2D eigenvalue weighted by molar-refractivity contribution is 9.10. The molecule has 1 N–H and O–H groups in total. The second kappa shape index (κ2) is 11.9. The molecule has 0 saturated heterocycles. The molecule has 3 rings (SSSR count). The van der Waals surface area contributed by atoms with Gasteiger partial charge in [-0.3, -0.25) is 9.59 Å². The average molecular weight is 542 g/mol. The first-order valence-corrected chi connectivity index (χ1v) is 12.3. The van der Waals surface area contributed by atoms with Gasteiger partial charge in [-0.1, -0.05) is 65.0 Å². The molecular formula is C24H27BrCl2N2O3. The maximum atomic E-state index is 13.3. The van der Waals surface area contributed by atoms with E-state index in [-0.39, 0.29) is 31.0 Å². The Balaban J connectivity index is 1.78. The largest absolute Gasteiger partial charge is 0.484 e. The number of nitrogens with one attached hydrogen (secondary N) is 1. The SMILES string of the molecule is CCC(C(=O)NC1CCCC1)N(Cc1ccc(Cl)cc1Cl)C(=O)COc1ccc(Br)cc1. The summed E-state index contributed by atoms with van der Waals surface area (Å²) in [6.07, 6.45) is 4.67. The molecule has 0 aromatic heterocycles. The Morgan fingerprint density at radius 1 is 1.16 bits per heavy atom. The number of hydrogen-bond donors (Lipinski definition) is 1. The number of benzene rings is 2. The van der Waals surface area contributed by atoms with Crippen molar-refractivity contribution >= 4 is 50.9 Å². The summed E-state index contributed by atoms with van der Waals surface area (Å²) in [4.78, 5) is 27.9. The number of nitrogens with zero attached hydrogens (tertiary/aromatic N) is 1. The average Bonchev–Trinajstić information content (AvgIpc) is 3.27. The number of hydrogen-bond acceptors (Lipinski definition) is 3. The van der Waals surface area contributed by atoms with Crippen LogP contribution in [0.2, 0.25) is 10.0 Å². The molecule has 1 unspecified atom stereocenters. The fourth-order valence-corrected chi connectivity index (χ4v) is 4.61. The van der Waals surface area contributed by atoms with E-state index in [1.165, 1.54) is 0 Å². The quantitative estimate of drug-likeness (QED) is 0.423. The lowest BCUT2D eigenvalue weighted by molar-refractivity contribution is -0.143. The summed E-state index contributed by atoms with van der Waals surface area (Å²) in [7, 11) is 0. The number of carbonyl (C=O) groups is 2. The van der Waals surface area contributed by atoms with Gasteiger partial charge in [-0.2, -0.15) is 0 Å². The molecule has 1 aliphatic rings. The second-order valence-electron chi connectivity index (χ2n) is 7.91. The summed E-state index contributed by atoms with van der Waals surface area (Å²) in [5, 5.41) is 4.09. The van der Waals surface area contributed by atoms with Crippen molar-refractivity contribution in [3.8, 4) is 5.75 Å². The summed E-state index contributed by atoms with van der Waals surface area (Å²) >= 11 is 15.8. The van der Waals surface area contributed by atoms with Crippen LogP contribution in [0, 0.1) is 0 Å². The normalized spacial score (nSPS) is 14.8. The highest BCUT2D eigenvalue weighted by atomic mass is 79.9. The minimum Gasteiger partial charge on any atom is -0.484 e. The van der Waals surface area contributed by atoms with Crippen LogP contribution in [0.25, 0.3) is 0 Å². The molecule has 2 aromatic carbocycles. The van der Waals surface area contributed by atoms with E-state index in [9.17, 15) is 9.59 Å². The van der Waals surface area contributed by atoms with E-state index in [0.717, 1.165) is 35.7 Å². The molecule has 0 radical (unpaired) electrons. The Bertz CT molecular complexity index is 933. The molecule has 0 heterocycles. The van der Waals surface area contributed by atoms with Crippen LogP contribution >= 0.6 is 39.1 Å². The topological polar surface area (TPSA) is 58.6 Å². The van der Waals surface area contributed by atoms with Crippen LogP contribution in [-0.2, 0) is 16.1 Å². The third-order valence-electron chi connectivity index (χ3n) is 5.62. The van der Waals surface area contributed by atoms with Crippen LogP contribution in [0.15, 0.2) is 46.9 Å². The first-order valence-electron chi connectivity index (χ1n) is 10.8. The zero-order valence-electron chi connectivity index (χ0n) is 18.0. The summed E-state index contributed by atoms with van der Waals surface area (Å²) in [6, 6.07) is 11.9. The lowest BCUT2D eigenvalue weighted by atomic mass is 10.1. The predicted octanol–water partition coefficient (Wildman–Crippen LogP) is 6.00. The van der Waals surface area contributed by atoms with Gasteiger partial charge in [0, 0.05) is 27.1 Å². The van der Waals surface area contributed by atoms with Crippen molar-refractivity contribution in [3.05, 3.63) is 62.5 Å². The molecule has 5 nitrogen and oxygen atoms in total. The number of carbonyl (C=O) groups excluding carboxylic acids is 2. The van der Waals surface area contributed by atoms with Gasteiger partial charge in [-0.15, -0.1) is 0 Å². The molecule has 1 saturated carbocycles. The van der Waals surface area contributed by atoms with Crippen LogP contribution in [0.1, 0.15) is 44.6 Å². The molecule has 1 aliphatic carbocycles. The molecule has 0 bridgehead atoms. The maximum absolute atomic E-state index is 13.3. The molecule has 8 heteroatoms. The first kappa shape index (κ1) is 24.9. The van der Waals surface area contributed by atoms with Gasteiger partial charge >= 0.3 is 0 Å². The molecule has 0 spiro atoms. The molecular weight excluding hydrogens is 515 g/mol. The van der Waals surface area contributed by atoms with Crippen molar-refractivity contribution in [2.24, 2.45) is 0 Å². The van der Waals surface area contributed by atoms with E-state index in [4.69, 9.17) is 27.9 Å². The monoisotopic (exact) mass is 540 g/mol. The Morgan fingerprint density at radius 2 is 1.84 bits per heavy atom. The molecule has 0 aliphatic heterocycles. The van der Waals surface area contributed by atoms with Crippen LogP contribution in [0.4, 0.5) is 0 Å². The van der Waals surface area contributed by atoms with Crippen LogP contribution < -0.4 is 10.1 Å². The lowest BCUT2D eigenvalue weighted by Crippen LogP contribution is -2.52. The summed E-state index contributed by atoms with van der Waals surface area (Å²) < 4.78 is 6.62. The lowest BCUT2D eigenvalue weighted by Gasteiger charge is -2.31. The second-order valence-corrected chi connectivity index (χ2v) is 9.67. The summed E-state index contributed by atoms with van der Waals surface area (Å²) in [5.41, 5.74) is 0.722. The van der Waals surface area contributed by atoms with Crippen molar-refractivity contribution in [3.63, 3.8) is 0 Å². The van der Waals surface area contributed by atoms with Crippen LogP contribution in [0.3, 0.4) is 0 Å². The fourth-order valence-electron chi connectivity index (χ4n) is 3.88. The van der Waals surface area contributed by atoms with Crippen molar-refractivity contribution in [1.82, 2.24) is 10.2 Å². The number of rotatable bonds is 9. The van der Waals surface area contributed by atoms with Gasteiger partial charge < -0.3 is 15.0 Å². The van der Waals surface area contributed by atoms with Gasteiger partial charge in [0.1, 0.15) is 11.8 Å². The zero-order valence-corrected chi connectivity index (χ0v) is 21.0. The van der Waals surface area contributed by atoms with Gasteiger partial charge in [0.15, 0.2) is 6.61 Å². The van der Waals surface area contributed by atoms with E-state index in [1.54, 1.807) is 35.2 Å². The van der Waals surface area contributed by atoms with Crippen molar-refractivity contribution in [2.45, 2.75) is 57.7 Å². The number of amides is 2. The predicted molar refractivity (Wildman–Crippen MR) is 131 cm³/mol. The maximum Gasteiger partial charge on any atom is 0.261 e. The molecule has 172 valence electrons. The van der Waals surface area contributed by atoms with E-state index < -0.39 is 6.04 Å². The van der Waals surface area contributed by atoms with Crippen LogP contribution in [-0.4, -0.2) is 35.4 Å². The Kier molecular flexibility index (Phi) is 9.26. The van der Waals surface area contributed by atoms with Gasteiger partial charge in [0.2, 0.25) is 5.91 Å². The number of ether oxygens (including phenoxy) is 1. The van der Waals surface area contributed by atoms with Gasteiger partial charge in [0.05, 0.1) is 0 Å². The van der Waals surface area contributed by atoms with Crippen LogP contribution in [0.5, 0.6) is 5.75 Å². The zero-order chi connectivity index (χ0) is 23.1. The van der Waals surface area contributed by atoms with E-state index in [0.29, 0.717) is 22.2 Å². The van der Waals surface area contributed by atoms with Gasteiger partial charge in [-0.25, -0.2) is 0 Å². The van der Waals surface area contributed by atoms with Gasteiger partial charge in [0.25, 0.3) is 5.91 Å². The fraction of sp³-hybridized carbons (Fsp3) is 0.417. The van der Waals surface area contributed by atoms with E-state index in [2.05, 4.69) is 21.2 Å².